The van der Waals surface area contributed by atoms with Crippen molar-refractivity contribution < 1.29 is 4.74 Å². The quantitative estimate of drug-likeness (QED) is 0.712. The van der Waals surface area contributed by atoms with Crippen LogP contribution in [0.3, 0.4) is 0 Å². The lowest BCUT2D eigenvalue weighted by molar-refractivity contribution is 0.271. The molecule has 128 valence electrons. The van der Waals surface area contributed by atoms with Crippen molar-refractivity contribution in [1.29, 1.82) is 0 Å². The normalized spacial score (nSPS) is 14.6. The molecule has 0 aromatic heterocycles. The molecule has 24 heavy (non-hydrogen) atoms. The standard InChI is InChI=1S/C18H20BrN3O.ClH/c1-23-18-9-5-4-8-17(18)21-10-12-22(13-11-21)20-14-15-6-2-3-7-16(15)19;/h2-9,14H,10-13H2,1H3;1H. The minimum atomic E-state index is 0. The summed E-state index contributed by atoms with van der Waals surface area (Å²) in [5.74, 6) is 0.928. The molecule has 1 saturated heterocycles. The highest BCUT2D eigenvalue weighted by Gasteiger charge is 2.18. The number of rotatable bonds is 4. The first-order chi connectivity index (χ1) is 11.3. The summed E-state index contributed by atoms with van der Waals surface area (Å²) < 4.78 is 6.52. The summed E-state index contributed by atoms with van der Waals surface area (Å²) in [7, 11) is 1.72. The number of hydrogen-bond donors (Lipinski definition) is 0. The number of halogens is 2. The fourth-order valence-corrected chi connectivity index (χ4v) is 3.05. The van der Waals surface area contributed by atoms with Crippen molar-refractivity contribution in [2.45, 2.75) is 0 Å². The van der Waals surface area contributed by atoms with Crippen LogP contribution >= 0.6 is 28.3 Å². The van der Waals surface area contributed by atoms with Gasteiger partial charge in [-0.25, -0.2) is 0 Å². The Kier molecular flexibility index (Phi) is 6.94. The molecule has 0 spiro atoms. The molecule has 0 N–H and O–H groups in total. The molecular formula is C18H21BrClN3O. The van der Waals surface area contributed by atoms with Crippen LogP contribution < -0.4 is 9.64 Å². The molecule has 1 aliphatic rings. The lowest BCUT2D eigenvalue weighted by Gasteiger charge is -2.35. The van der Waals surface area contributed by atoms with E-state index in [1.54, 1.807) is 7.11 Å². The Hall–Kier alpha value is -1.72. The second-order valence-electron chi connectivity index (χ2n) is 5.38. The maximum Gasteiger partial charge on any atom is 0.142 e. The molecule has 0 aliphatic carbocycles. The summed E-state index contributed by atoms with van der Waals surface area (Å²) in [5.41, 5.74) is 2.25. The summed E-state index contributed by atoms with van der Waals surface area (Å²) in [6, 6.07) is 16.3. The summed E-state index contributed by atoms with van der Waals surface area (Å²) >= 11 is 3.55. The van der Waals surface area contributed by atoms with Crippen LogP contribution in [0.25, 0.3) is 0 Å². The number of benzene rings is 2. The van der Waals surface area contributed by atoms with Gasteiger partial charge in [0.15, 0.2) is 0 Å². The van der Waals surface area contributed by atoms with E-state index < -0.39 is 0 Å². The average Bonchev–Trinajstić information content (AvgIpc) is 2.61. The van der Waals surface area contributed by atoms with Crippen molar-refractivity contribution in [2.24, 2.45) is 5.10 Å². The topological polar surface area (TPSA) is 28.1 Å². The number of nitrogens with zero attached hydrogens (tertiary/aromatic N) is 3. The highest BCUT2D eigenvalue weighted by molar-refractivity contribution is 9.10. The first kappa shape index (κ1) is 18.6. The van der Waals surface area contributed by atoms with Crippen molar-refractivity contribution >= 4 is 40.2 Å². The van der Waals surface area contributed by atoms with E-state index >= 15 is 0 Å². The monoisotopic (exact) mass is 409 g/mol. The fourth-order valence-electron chi connectivity index (χ4n) is 2.67. The molecule has 3 rings (SSSR count). The zero-order chi connectivity index (χ0) is 16.1. The number of piperazine rings is 1. The van der Waals surface area contributed by atoms with Gasteiger partial charge in [0.05, 0.1) is 32.1 Å². The van der Waals surface area contributed by atoms with E-state index in [1.807, 2.05) is 36.5 Å². The molecule has 4 nitrogen and oxygen atoms in total. The summed E-state index contributed by atoms with van der Waals surface area (Å²) in [4.78, 5) is 2.35. The van der Waals surface area contributed by atoms with E-state index in [4.69, 9.17) is 4.74 Å². The number of anilines is 1. The second kappa shape index (κ2) is 8.94. The smallest absolute Gasteiger partial charge is 0.142 e. The molecule has 0 atom stereocenters. The number of para-hydroxylation sites is 2. The number of hydrogen-bond acceptors (Lipinski definition) is 4. The number of hydrazone groups is 1. The average molecular weight is 411 g/mol. The minimum absolute atomic E-state index is 0. The third-order valence-electron chi connectivity index (χ3n) is 3.95. The van der Waals surface area contributed by atoms with Gasteiger partial charge in [-0.3, -0.25) is 5.01 Å². The Morgan fingerprint density at radius 1 is 1.00 bits per heavy atom. The van der Waals surface area contributed by atoms with Gasteiger partial charge in [0.1, 0.15) is 5.75 Å². The third kappa shape index (κ3) is 4.42. The van der Waals surface area contributed by atoms with Gasteiger partial charge in [-0.2, -0.15) is 5.10 Å². The number of ether oxygens (including phenoxy) is 1. The Labute approximate surface area is 157 Å². The summed E-state index contributed by atoms with van der Waals surface area (Å²) in [6.45, 7) is 3.68. The van der Waals surface area contributed by atoms with E-state index in [9.17, 15) is 0 Å². The van der Waals surface area contributed by atoms with Gasteiger partial charge in [-0.1, -0.05) is 46.3 Å². The highest BCUT2D eigenvalue weighted by atomic mass is 79.9. The van der Waals surface area contributed by atoms with Crippen LogP contribution in [0.2, 0.25) is 0 Å². The zero-order valence-electron chi connectivity index (χ0n) is 13.6. The Morgan fingerprint density at radius 2 is 1.67 bits per heavy atom. The maximum atomic E-state index is 5.45. The summed E-state index contributed by atoms with van der Waals surface area (Å²) in [6.07, 6.45) is 1.92. The van der Waals surface area contributed by atoms with Gasteiger partial charge in [-0.05, 0) is 18.2 Å². The van der Waals surface area contributed by atoms with E-state index in [0.717, 1.165) is 47.7 Å². The molecule has 0 unspecified atom stereocenters. The number of methoxy groups -OCH3 is 1. The van der Waals surface area contributed by atoms with Gasteiger partial charge in [0, 0.05) is 23.1 Å². The summed E-state index contributed by atoms with van der Waals surface area (Å²) in [5, 5.41) is 6.72. The van der Waals surface area contributed by atoms with Crippen molar-refractivity contribution in [1.82, 2.24) is 5.01 Å². The van der Waals surface area contributed by atoms with Crippen LogP contribution in [0.15, 0.2) is 58.1 Å². The molecule has 6 heteroatoms. The fraction of sp³-hybridized carbons (Fsp3) is 0.278. The van der Waals surface area contributed by atoms with Crippen LogP contribution in [0.4, 0.5) is 5.69 Å². The van der Waals surface area contributed by atoms with Crippen LogP contribution in [-0.4, -0.2) is 44.5 Å². The first-order valence-electron chi connectivity index (χ1n) is 7.69. The van der Waals surface area contributed by atoms with Crippen molar-refractivity contribution in [2.75, 3.05) is 38.2 Å². The molecule has 0 radical (unpaired) electrons. The van der Waals surface area contributed by atoms with Crippen LogP contribution in [0.5, 0.6) is 5.75 Å². The predicted molar refractivity (Wildman–Crippen MR) is 106 cm³/mol. The van der Waals surface area contributed by atoms with Gasteiger partial charge in [0.25, 0.3) is 0 Å². The molecular weight excluding hydrogens is 390 g/mol. The molecule has 1 aliphatic heterocycles. The van der Waals surface area contributed by atoms with Crippen LogP contribution in [-0.2, 0) is 0 Å². The van der Waals surface area contributed by atoms with E-state index in [1.165, 1.54) is 0 Å². The van der Waals surface area contributed by atoms with E-state index in [0.29, 0.717) is 0 Å². The van der Waals surface area contributed by atoms with Crippen LogP contribution in [0, 0.1) is 0 Å². The second-order valence-corrected chi connectivity index (χ2v) is 6.23. The zero-order valence-corrected chi connectivity index (χ0v) is 16.0. The lowest BCUT2D eigenvalue weighted by atomic mass is 10.2. The molecule has 2 aromatic rings. The molecule has 1 heterocycles. The highest BCUT2D eigenvalue weighted by Crippen LogP contribution is 2.28. The Bertz CT molecular complexity index is 687. The minimum Gasteiger partial charge on any atom is -0.495 e. The van der Waals surface area contributed by atoms with Crippen molar-refractivity contribution in [3.8, 4) is 5.75 Å². The van der Waals surface area contributed by atoms with Crippen molar-refractivity contribution in [3.63, 3.8) is 0 Å². The molecule has 0 bridgehead atoms. The molecule has 1 fully saturated rings. The molecule has 2 aromatic carbocycles. The first-order valence-corrected chi connectivity index (χ1v) is 8.48. The SMILES string of the molecule is COc1ccccc1N1CCN(N=Cc2ccccc2Br)CC1.Cl. The molecule has 0 amide bonds. The van der Waals surface area contributed by atoms with Gasteiger partial charge < -0.3 is 9.64 Å². The largest absolute Gasteiger partial charge is 0.495 e. The van der Waals surface area contributed by atoms with Gasteiger partial charge in [0.2, 0.25) is 0 Å². The predicted octanol–water partition coefficient (Wildman–Crippen LogP) is 4.04. The van der Waals surface area contributed by atoms with E-state index in [2.05, 4.69) is 49.1 Å². The maximum absolute atomic E-state index is 5.45. The van der Waals surface area contributed by atoms with Gasteiger partial charge in [-0.15, -0.1) is 12.4 Å². The Morgan fingerprint density at radius 3 is 2.38 bits per heavy atom. The Balaban J connectivity index is 0.00000208. The van der Waals surface area contributed by atoms with Crippen molar-refractivity contribution in [3.05, 3.63) is 58.6 Å². The third-order valence-corrected chi connectivity index (χ3v) is 4.67. The van der Waals surface area contributed by atoms with Crippen LogP contribution in [0.1, 0.15) is 5.56 Å². The molecule has 0 saturated carbocycles. The van der Waals surface area contributed by atoms with E-state index in [-0.39, 0.29) is 12.4 Å². The lowest BCUT2D eigenvalue weighted by Crippen LogP contribution is -2.44. The van der Waals surface area contributed by atoms with Gasteiger partial charge >= 0.3 is 0 Å².